The van der Waals surface area contributed by atoms with E-state index in [9.17, 15) is 4.79 Å². The molecule has 4 heteroatoms. The Kier molecular flexibility index (Phi) is 5.36. The van der Waals surface area contributed by atoms with E-state index >= 15 is 0 Å². The van der Waals surface area contributed by atoms with Crippen molar-refractivity contribution in [2.45, 2.75) is 32.2 Å². The highest BCUT2D eigenvalue weighted by Gasteiger charge is 2.07. The lowest BCUT2D eigenvalue weighted by molar-refractivity contribution is -0.121. The lowest BCUT2D eigenvalue weighted by Gasteiger charge is -2.12. The molecule has 0 fully saturated rings. The number of carbonyl (C=O) groups is 1. The fraction of sp³-hybridized carbons (Fsp3) is 0.545. The Morgan fingerprint density at radius 1 is 1.67 bits per heavy atom. The van der Waals surface area contributed by atoms with Gasteiger partial charge in [-0.2, -0.15) is 0 Å². The first-order valence-corrected chi connectivity index (χ1v) is 6.12. The molecule has 0 aliphatic heterocycles. The Hall–Kier alpha value is -0.870. The van der Waals surface area contributed by atoms with Crippen molar-refractivity contribution in [3.05, 3.63) is 22.4 Å². The zero-order chi connectivity index (χ0) is 11.1. The Morgan fingerprint density at radius 2 is 2.47 bits per heavy atom. The summed E-state index contributed by atoms with van der Waals surface area (Å²) in [6, 6.07) is 4.32. The third kappa shape index (κ3) is 4.95. The fourth-order valence-corrected chi connectivity index (χ4v) is 2.23. The number of carbonyl (C=O) groups excluding carboxylic acids is 1. The van der Waals surface area contributed by atoms with Crippen molar-refractivity contribution < 1.29 is 4.79 Å². The van der Waals surface area contributed by atoms with Crippen LogP contribution in [-0.2, 0) is 11.2 Å². The minimum absolute atomic E-state index is 0.101. The maximum atomic E-state index is 11.4. The Labute approximate surface area is 94.7 Å². The Bertz CT molecular complexity index is 285. The van der Waals surface area contributed by atoms with E-state index in [1.807, 2.05) is 13.0 Å². The summed E-state index contributed by atoms with van der Waals surface area (Å²) >= 11 is 1.72. The molecule has 1 unspecified atom stereocenters. The molecule has 3 nitrogen and oxygen atoms in total. The van der Waals surface area contributed by atoms with Gasteiger partial charge in [-0.05, 0) is 31.3 Å². The van der Waals surface area contributed by atoms with Crippen LogP contribution < -0.4 is 11.1 Å². The second-order valence-corrected chi connectivity index (χ2v) is 4.68. The molecule has 0 saturated heterocycles. The van der Waals surface area contributed by atoms with Crippen molar-refractivity contribution in [1.29, 1.82) is 0 Å². The maximum Gasteiger partial charge on any atom is 0.220 e. The van der Waals surface area contributed by atoms with Crippen molar-refractivity contribution in [3.63, 3.8) is 0 Å². The standard InChI is InChI=1S/C11H18N2OS/c1-9(8-10-4-3-7-15-10)13-11(14)5-2-6-12/h3-4,7,9H,2,5-6,8,12H2,1H3,(H,13,14). The summed E-state index contributed by atoms with van der Waals surface area (Å²) in [5.41, 5.74) is 5.34. The largest absolute Gasteiger partial charge is 0.353 e. The minimum Gasteiger partial charge on any atom is -0.353 e. The lowest BCUT2D eigenvalue weighted by atomic mass is 10.2. The van der Waals surface area contributed by atoms with Crippen molar-refractivity contribution in [1.82, 2.24) is 5.32 Å². The first-order valence-electron chi connectivity index (χ1n) is 5.24. The molecule has 3 N–H and O–H groups in total. The first kappa shape index (κ1) is 12.2. The summed E-state index contributed by atoms with van der Waals surface area (Å²) in [6.45, 7) is 2.60. The summed E-state index contributed by atoms with van der Waals surface area (Å²) in [7, 11) is 0. The van der Waals surface area contributed by atoms with Gasteiger partial charge < -0.3 is 11.1 Å². The van der Waals surface area contributed by atoms with Crippen LogP contribution in [0.1, 0.15) is 24.6 Å². The van der Waals surface area contributed by atoms with E-state index in [1.54, 1.807) is 11.3 Å². The number of nitrogens with one attached hydrogen (secondary N) is 1. The van der Waals surface area contributed by atoms with Crippen LogP contribution in [0.25, 0.3) is 0 Å². The normalized spacial score (nSPS) is 12.4. The topological polar surface area (TPSA) is 55.1 Å². The van der Waals surface area contributed by atoms with Crippen LogP contribution in [0, 0.1) is 0 Å². The molecule has 0 bridgehead atoms. The highest BCUT2D eigenvalue weighted by atomic mass is 32.1. The van der Waals surface area contributed by atoms with Gasteiger partial charge in [0.15, 0.2) is 0 Å². The molecule has 1 amide bonds. The molecule has 84 valence electrons. The fourth-order valence-electron chi connectivity index (χ4n) is 1.39. The van der Waals surface area contributed by atoms with Crippen molar-refractivity contribution >= 4 is 17.2 Å². The molecular weight excluding hydrogens is 208 g/mol. The van der Waals surface area contributed by atoms with Gasteiger partial charge in [0.2, 0.25) is 5.91 Å². The van der Waals surface area contributed by atoms with Gasteiger partial charge in [0.25, 0.3) is 0 Å². The molecular formula is C11H18N2OS. The molecule has 0 aromatic carbocycles. The van der Waals surface area contributed by atoms with Gasteiger partial charge in [-0.1, -0.05) is 6.07 Å². The van der Waals surface area contributed by atoms with Crippen LogP contribution >= 0.6 is 11.3 Å². The Morgan fingerprint density at radius 3 is 3.07 bits per heavy atom. The second kappa shape index (κ2) is 6.58. The summed E-state index contributed by atoms with van der Waals surface area (Å²) in [6.07, 6.45) is 2.20. The van der Waals surface area contributed by atoms with E-state index in [4.69, 9.17) is 5.73 Å². The van der Waals surface area contributed by atoms with Crippen LogP contribution in [0.15, 0.2) is 17.5 Å². The van der Waals surface area contributed by atoms with Gasteiger partial charge in [0.1, 0.15) is 0 Å². The van der Waals surface area contributed by atoms with E-state index in [0.717, 1.165) is 12.8 Å². The van der Waals surface area contributed by atoms with Gasteiger partial charge >= 0.3 is 0 Å². The van der Waals surface area contributed by atoms with E-state index in [2.05, 4.69) is 16.8 Å². The number of hydrogen-bond donors (Lipinski definition) is 2. The average molecular weight is 226 g/mol. The number of nitrogens with two attached hydrogens (primary N) is 1. The van der Waals surface area contributed by atoms with E-state index in [0.29, 0.717) is 13.0 Å². The molecule has 0 aliphatic rings. The SMILES string of the molecule is CC(Cc1cccs1)NC(=O)CCCN. The van der Waals surface area contributed by atoms with E-state index in [1.165, 1.54) is 4.88 Å². The van der Waals surface area contributed by atoms with Crippen LogP contribution in [0.2, 0.25) is 0 Å². The van der Waals surface area contributed by atoms with Gasteiger partial charge in [-0.15, -0.1) is 11.3 Å². The average Bonchev–Trinajstić information content (AvgIpc) is 2.67. The highest BCUT2D eigenvalue weighted by Crippen LogP contribution is 2.10. The third-order valence-corrected chi connectivity index (χ3v) is 3.00. The van der Waals surface area contributed by atoms with Crippen molar-refractivity contribution in [2.75, 3.05) is 6.54 Å². The molecule has 0 radical (unpaired) electrons. The molecule has 1 heterocycles. The molecule has 0 saturated carbocycles. The molecule has 0 aliphatic carbocycles. The summed E-state index contributed by atoms with van der Waals surface area (Å²) < 4.78 is 0. The van der Waals surface area contributed by atoms with Crippen LogP contribution in [0.3, 0.4) is 0 Å². The molecule has 1 atom stereocenters. The first-order chi connectivity index (χ1) is 7.22. The van der Waals surface area contributed by atoms with Crippen LogP contribution in [0.5, 0.6) is 0 Å². The number of amides is 1. The molecule has 1 aromatic heterocycles. The van der Waals surface area contributed by atoms with Gasteiger partial charge in [-0.25, -0.2) is 0 Å². The predicted octanol–water partition coefficient (Wildman–Crippen LogP) is 1.53. The van der Waals surface area contributed by atoms with Crippen LogP contribution in [-0.4, -0.2) is 18.5 Å². The summed E-state index contributed by atoms with van der Waals surface area (Å²) in [4.78, 5) is 12.7. The van der Waals surface area contributed by atoms with Gasteiger partial charge in [0, 0.05) is 23.8 Å². The minimum atomic E-state index is 0.101. The maximum absolute atomic E-state index is 11.4. The smallest absolute Gasteiger partial charge is 0.220 e. The zero-order valence-corrected chi connectivity index (χ0v) is 9.85. The second-order valence-electron chi connectivity index (χ2n) is 3.64. The van der Waals surface area contributed by atoms with Gasteiger partial charge in [0.05, 0.1) is 0 Å². The van der Waals surface area contributed by atoms with Gasteiger partial charge in [-0.3, -0.25) is 4.79 Å². The Balaban J connectivity index is 2.23. The van der Waals surface area contributed by atoms with E-state index < -0.39 is 0 Å². The molecule has 1 aromatic rings. The van der Waals surface area contributed by atoms with Crippen molar-refractivity contribution in [3.8, 4) is 0 Å². The molecule has 0 spiro atoms. The summed E-state index contributed by atoms with van der Waals surface area (Å²) in [5.74, 6) is 0.101. The zero-order valence-electron chi connectivity index (χ0n) is 9.03. The van der Waals surface area contributed by atoms with E-state index in [-0.39, 0.29) is 11.9 Å². The van der Waals surface area contributed by atoms with Crippen LogP contribution in [0.4, 0.5) is 0 Å². The number of rotatable bonds is 6. The molecule has 15 heavy (non-hydrogen) atoms. The number of thiophene rings is 1. The molecule has 1 rings (SSSR count). The lowest BCUT2D eigenvalue weighted by Crippen LogP contribution is -2.33. The third-order valence-electron chi connectivity index (χ3n) is 2.10. The highest BCUT2D eigenvalue weighted by molar-refractivity contribution is 7.09. The summed E-state index contributed by atoms with van der Waals surface area (Å²) in [5, 5.41) is 5.02. The number of hydrogen-bond acceptors (Lipinski definition) is 3. The monoisotopic (exact) mass is 226 g/mol. The van der Waals surface area contributed by atoms with Crippen molar-refractivity contribution in [2.24, 2.45) is 5.73 Å². The quantitative estimate of drug-likeness (QED) is 0.773. The predicted molar refractivity (Wildman–Crippen MR) is 63.9 cm³/mol.